The zero-order valence-corrected chi connectivity index (χ0v) is 14.5. The Kier molecular flexibility index (Phi) is 5.91. The Balaban J connectivity index is 2.39. The van der Waals surface area contributed by atoms with E-state index in [4.69, 9.17) is 9.47 Å². The molecule has 2 aromatic carbocycles. The molecule has 0 heterocycles. The highest BCUT2D eigenvalue weighted by Crippen LogP contribution is 2.30. The standard InChI is InChI=1S/C20H21FO4/c1-4-24-18(22)20(3,19(23)25-5-2)16-10-6-14(7-11-16)15-8-12-17(21)13-9-15/h6-13H,4-5H2,1-3H3. The second-order valence-electron chi connectivity index (χ2n) is 5.65. The average molecular weight is 344 g/mol. The van der Waals surface area contributed by atoms with E-state index in [-0.39, 0.29) is 19.0 Å². The van der Waals surface area contributed by atoms with E-state index in [0.717, 1.165) is 11.1 Å². The lowest BCUT2D eigenvalue weighted by molar-refractivity contribution is -0.163. The van der Waals surface area contributed by atoms with Crippen molar-refractivity contribution in [2.45, 2.75) is 26.2 Å². The van der Waals surface area contributed by atoms with Crippen LogP contribution < -0.4 is 0 Å². The van der Waals surface area contributed by atoms with E-state index in [9.17, 15) is 14.0 Å². The molecule has 2 aromatic rings. The Morgan fingerprint density at radius 1 is 0.840 bits per heavy atom. The smallest absolute Gasteiger partial charge is 0.327 e. The fraction of sp³-hybridized carbons (Fsp3) is 0.300. The van der Waals surface area contributed by atoms with Crippen LogP contribution >= 0.6 is 0 Å². The van der Waals surface area contributed by atoms with E-state index in [2.05, 4.69) is 0 Å². The minimum absolute atomic E-state index is 0.168. The number of hydrogen-bond donors (Lipinski definition) is 0. The molecule has 0 aliphatic carbocycles. The van der Waals surface area contributed by atoms with Crippen molar-refractivity contribution < 1.29 is 23.5 Å². The van der Waals surface area contributed by atoms with E-state index >= 15 is 0 Å². The maximum atomic E-state index is 13.0. The lowest BCUT2D eigenvalue weighted by atomic mass is 9.82. The van der Waals surface area contributed by atoms with Gasteiger partial charge in [-0.3, -0.25) is 9.59 Å². The molecule has 0 spiro atoms. The van der Waals surface area contributed by atoms with Gasteiger partial charge in [-0.1, -0.05) is 36.4 Å². The monoisotopic (exact) mass is 344 g/mol. The first kappa shape index (κ1) is 18.6. The van der Waals surface area contributed by atoms with Crippen molar-refractivity contribution in [1.82, 2.24) is 0 Å². The van der Waals surface area contributed by atoms with E-state index in [1.807, 2.05) is 0 Å². The van der Waals surface area contributed by atoms with Crippen molar-refractivity contribution in [3.05, 3.63) is 59.9 Å². The maximum Gasteiger partial charge on any atom is 0.327 e. The van der Waals surface area contributed by atoms with Crippen LogP contribution in [0.5, 0.6) is 0 Å². The minimum atomic E-state index is -1.53. The topological polar surface area (TPSA) is 52.6 Å². The SMILES string of the molecule is CCOC(=O)C(C)(C(=O)OCC)c1ccc(-c2ccc(F)cc2)cc1. The van der Waals surface area contributed by atoms with Crippen molar-refractivity contribution in [1.29, 1.82) is 0 Å². The van der Waals surface area contributed by atoms with Crippen LogP contribution in [0.25, 0.3) is 11.1 Å². The van der Waals surface area contributed by atoms with Gasteiger partial charge in [0.25, 0.3) is 0 Å². The molecule has 0 amide bonds. The maximum absolute atomic E-state index is 13.0. The molecule has 0 aliphatic heterocycles. The predicted octanol–water partition coefficient (Wildman–Crippen LogP) is 3.88. The van der Waals surface area contributed by atoms with Crippen LogP contribution in [-0.2, 0) is 24.5 Å². The predicted molar refractivity (Wildman–Crippen MR) is 92.5 cm³/mol. The molecular formula is C20H21FO4. The van der Waals surface area contributed by atoms with Crippen molar-refractivity contribution in [2.24, 2.45) is 0 Å². The number of hydrogen-bond acceptors (Lipinski definition) is 4. The molecule has 4 nitrogen and oxygen atoms in total. The number of benzene rings is 2. The molecule has 0 aliphatic rings. The normalized spacial score (nSPS) is 11.0. The third kappa shape index (κ3) is 3.87. The number of carbonyl (C=O) groups excluding carboxylic acids is 2. The third-order valence-electron chi connectivity index (χ3n) is 4.01. The van der Waals surface area contributed by atoms with Gasteiger partial charge >= 0.3 is 11.9 Å². The highest BCUT2D eigenvalue weighted by Gasteiger charge is 2.46. The molecule has 2 rings (SSSR count). The van der Waals surface area contributed by atoms with Gasteiger partial charge in [-0.15, -0.1) is 0 Å². The van der Waals surface area contributed by atoms with Crippen molar-refractivity contribution >= 4 is 11.9 Å². The molecule has 0 radical (unpaired) electrons. The van der Waals surface area contributed by atoms with Crippen LogP contribution in [0.1, 0.15) is 26.3 Å². The summed E-state index contributed by atoms with van der Waals surface area (Å²) in [6.07, 6.45) is 0. The number of carbonyl (C=O) groups is 2. The van der Waals surface area contributed by atoms with Gasteiger partial charge < -0.3 is 9.47 Å². The summed E-state index contributed by atoms with van der Waals surface area (Å²) in [5, 5.41) is 0. The molecule has 0 atom stereocenters. The van der Waals surface area contributed by atoms with Crippen molar-refractivity contribution in [3.63, 3.8) is 0 Å². The van der Waals surface area contributed by atoms with E-state index in [1.54, 1.807) is 50.2 Å². The van der Waals surface area contributed by atoms with Crippen LogP contribution in [0.15, 0.2) is 48.5 Å². The first-order valence-corrected chi connectivity index (χ1v) is 8.14. The fourth-order valence-electron chi connectivity index (χ4n) is 2.51. The molecule has 0 bridgehead atoms. The molecule has 0 fully saturated rings. The van der Waals surface area contributed by atoms with Gasteiger partial charge in [-0.25, -0.2) is 4.39 Å². The number of ether oxygens (including phenoxy) is 2. The largest absolute Gasteiger partial charge is 0.465 e. The van der Waals surface area contributed by atoms with Gasteiger partial charge in [0.2, 0.25) is 0 Å². The summed E-state index contributed by atoms with van der Waals surface area (Å²) < 4.78 is 23.2. The summed E-state index contributed by atoms with van der Waals surface area (Å²) in [4.78, 5) is 24.8. The van der Waals surface area contributed by atoms with E-state index < -0.39 is 17.4 Å². The molecule has 0 N–H and O–H groups in total. The van der Waals surface area contributed by atoms with Crippen LogP contribution in [0, 0.1) is 5.82 Å². The Bertz CT molecular complexity index is 717. The van der Waals surface area contributed by atoms with E-state index in [1.165, 1.54) is 19.1 Å². The van der Waals surface area contributed by atoms with Gasteiger partial charge in [-0.05, 0) is 49.6 Å². The van der Waals surface area contributed by atoms with E-state index in [0.29, 0.717) is 5.56 Å². The molecule has 0 saturated carbocycles. The van der Waals surface area contributed by atoms with Gasteiger partial charge in [0.05, 0.1) is 13.2 Å². The lowest BCUT2D eigenvalue weighted by Gasteiger charge is -2.25. The summed E-state index contributed by atoms with van der Waals surface area (Å²) in [5.41, 5.74) is 0.629. The quantitative estimate of drug-likeness (QED) is 0.589. The van der Waals surface area contributed by atoms with Crippen LogP contribution in [0.4, 0.5) is 4.39 Å². The van der Waals surface area contributed by atoms with Gasteiger partial charge in [0.15, 0.2) is 5.41 Å². The van der Waals surface area contributed by atoms with Gasteiger partial charge in [0.1, 0.15) is 5.82 Å². The zero-order chi connectivity index (χ0) is 18.4. The fourth-order valence-corrected chi connectivity index (χ4v) is 2.51. The van der Waals surface area contributed by atoms with Crippen LogP contribution in [-0.4, -0.2) is 25.2 Å². The van der Waals surface area contributed by atoms with Crippen molar-refractivity contribution in [2.75, 3.05) is 13.2 Å². The Labute approximate surface area is 146 Å². The van der Waals surface area contributed by atoms with Crippen molar-refractivity contribution in [3.8, 4) is 11.1 Å². The number of rotatable bonds is 6. The lowest BCUT2D eigenvalue weighted by Crippen LogP contribution is -2.43. The molecule has 0 unspecified atom stereocenters. The second-order valence-corrected chi connectivity index (χ2v) is 5.65. The van der Waals surface area contributed by atoms with Gasteiger partial charge in [-0.2, -0.15) is 0 Å². The summed E-state index contributed by atoms with van der Waals surface area (Å²) in [6.45, 7) is 5.20. The van der Waals surface area contributed by atoms with Crippen LogP contribution in [0.3, 0.4) is 0 Å². The summed E-state index contributed by atoms with van der Waals surface area (Å²) in [7, 11) is 0. The summed E-state index contributed by atoms with van der Waals surface area (Å²) >= 11 is 0. The molecule has 25 heavy (non-hydrogen) atoms. The van der Waals surface area contributed by atoms with Gasteiger partial charge in [0, 0.05) is 0 Å². The highest BCUT2D eigenvalue weighted by molar-refractivity contribution is 6.06. The first-order chi connectivity index (χ1) is 11.9. The minimum Gasteiger partial charge on any atom is -0.465 e. The Morgan fingerprint density at radius 2 is 1.24 bits per heavy atom. The second kappa shape index (κ2) is 7.92. The third-order valence-corrected chi connectivity index (χ3v) is 4.01. The molecular weight excluding hydrogens is 323 g/mol. The molecule has 132 valence electrons. The number of esters is 2. The molecule has 0 saturated heterocycles. The average Bonchev–Trinajstić information content (AvgIpc) is 2.62. The summed E-state index contributed by atoms with van der Waals surface area (Å²) in [5.74, 6) is -1.61. The Hall–Kier alpha value is -2.69. The first-order valence-electron chi connectivity index (χ1n) is 8.14. The molecule has 0 aromatic heterocycles. The zero-order valence-electron chi connectivity index (χ0n) is 14.5. The molecule has 5 heteroatoms. The number of halogens is 1. The highest BCUT2D eigenvalue weighted by atomic mass is 19.1. The summed E-state index contributed by atoms with van der Waals surface area (Å²) in [6, 6.07) is 13.0. The Morgan fingerprint density at radius 3 is 1.64 bits per heavy atom. The van der Waals surface area contributed by atoms with Crippen LogP contribution in [0.2, 0.25) is 0 Å².